The quantitative estimate of drug-likeness (QED) is 0.630. The van der Waals surface area contributed by atoms with Crippen LogP contribution in [0.2, 0.25) is 0 Å². The first-order valence-electron chi connectivity index (χ1n) is 5.52. The van der Waals surface area contributed by atoms with E-state index in [4.69, 9.17) is 0 Å². The van der Waals surface area contributed by atoms with E-state index < -0.39 is 0 Å². The van der Waals surface area contributed by atoms with E-state index in [2.05, 4.69) is 53.1 Å². The molecule has 0 saturated carbocycles. The van der Waals surface area contributed by atoms with Crippen molar-refractivity contribution < 1.29 is 4.79 Å². The molecule has 0 radical (unpaired) electrons. The van der Waals surface area contributed by atoms with Gasteiger partial charge in [0.15, 0.2) is 0 Å². The zero-order chi connectivity index (χ0) is 13.8. The largest absolute Gasteiger partial charge is 0.322 e. The Morgan fingerprint density at radius 3 is 2.58 bits per heavy atom. The van der Waals surface area contributed by atoms with Gasteiger partial charge in [-0.1, -0.05) is 50.1 Å². The number of benzene rings is 2. The van der Waals surface area contributed by atoms with Gasteiger partial charge in [-0.05, 0) is 45.8 Å². The molecule has 0 saturated heterocycles. The second-order valence-electron chi connectivity index (χ2n) is 3.87. The molecule has 19 heavy (non-hydrogen) atoms. The van der Waals surface area contributed by atoms with E-state index in [9.17, 15) is 4.79 Å². The molecule has 0 aliphatic heterocycles. The molecule has 1 N–H and O–H groups in total. The zero-order valence-corrected chi connectivity index (χ0v) is 14.5. The molecule has 0 bridgehead atoms. The lowest BCUT2D eigenvalue weighted by Gasteiger charge is -2.10. The third-order valence-corrected chi connectivity index (χ3v) is 4.37. The number of hydrogen-bond acceptors (Lipinski definition) is 1. The molecule has 0 spiro atoms. The summed E-state index contributed by atoms with van der Waals surface area (Å²) in [5, 5.41) is 3.62. The van der Waals surface area contributed by atoms with Crippen LogP contribution in [0, 0.1) is 0 Å². The van der Waals surface area contributed by atoms with E-state index in [-0.39, 0.29) is 5.91 Å². The molecule has 2 aromatic rings. The third-order valence-electron chi connectivity index (χ3n) is 2.58. The molecular weight excluding hydrogens is 438 g/mol. The minimum atomic E-state index is -0.137. The number of halogens is 3. The predicted molar refractivity (Wildman–Crippen MR) is 88.9 cm³/mol. The average Bonchev–Trinajstić information content (AvgIpc) is 2.42. The van der Waals surface area contributed by atoms with Crippen LogP contribution in [0.15, 0.2) is 51.4 Å². The van der Waals surface area contributed by atoms with Crippen LogP contribution < -0.4 is 5.32 Å². The van der Waals surface area contributed by atoms with Crippen LogP contribution in [0.25, 0.3) is 0 Å². The van der Waals surface area contributed by atoms with Crippen molar-refractivity contribution in [2.45, 2.75) is 5.33 Å². The van der Waals surface area contributed by atoms with Gasteiger partial charge in [-0.15, -0.1) is 0 Å². The summed E-state index contributed by atoms with van der Waals surface area (Å²) in [7, 11) is 0. The highest BCUT2D eigenvalue weighted by molar-refractivity contribution is 9.11. The molecule has 5 heteroatoms. The lowest BCUT2D eigenvalue weighted by molar-refractivity contribution is 0.102. The van der Waals surface area contributed by atoms with Crippen LogP contribution >= 0.6 is 47.8 Å². The number of hydrogen-bond donors (Lipinski definition) is 1. The maximum Gasteiger partial charge on any atom is 0.256 e. The van der Waals surface area contributed by atoms with Crippen LogP contribution in [0.3, 0.4) is 0 Å². The third kappa shape index (κ3) is 3.68. The molecule has 0 aromatic heterocycles. The van der Waals surface area contributed by atoms with E-state index >= 15 is 0 Å². The summed E-state index contributed by atoms with van der Waals surface area (Å²) >= 11 is 10.2. The van der Waals surface area contributed by atoms with Gasteiger partial charge >= 0.3 is 0 Å². The fourth-order valence-electron chi connectivity index (χ4n) is 1.62. The number of alkyl halides is 1. The van der Waals surface area contributed by atoms with Crippen molar-refractivity contribution in [1.29, 1.82) is 0 Å². The van der Waals surface area contributed by atoms with Crippen molar-refractivity contribution in [3.63, 3.8) is 0 Å². The van der Waals surface area contributed by atoms with Crippen molar-refractivity contribution in [2.75, 3.05) is 5.32 Å². The van der Waals surface area contributed by atoms with Gasteiger partial charge in [-0.25, -0.2) is 0 Å². The van der Waals surface area contributed by atoms with E-state index in [0.29, 0.717) is 10.9 Å². The smallest absolute Gasteiger partial charge is 0.256 e. The molecule has 2 nitrogen and oxygen atoms in total. The molecule has 1 amide bonds. The Morgan fingerprint density at radius 1 is 1.11 bits per heavy atom. The molecular formula is C14H10Br3NO. The normalized spacial score (nSPS) is 10.3. The summed E-state index contributed by atoms with van der Waals surface area (Å²) in [6.07, 6.45) is 0. The molecule has 2 aromatic carbocycles. The van der Waals surface area contributed by atoms with Crippen LogP contribution in [-0.4, -0.2) is 5.91 Å². The molecule has 0 aliphatic carbocycles. The standard InChI is InChI=1S/C14H10Br3NO/c15-8-9-3-1-2-4-13(9)18-14(19)11-7-10(16)5-6-12(11)17/h1-7H,8H2,(H,18,19). The summed E-state index contributed by atoms with van der Waals surface area (Å²) < 4.78 is 1.64. The molecule has 0 aliphatic rings. The second-order valence-corrected chi connectivity index (χ2v) is 6.20. The molecule has 0 fully saturated rings. The van der Waals surface area contributed by atoms with Crippen molar-refractivity contribution in [2.24, 2.45) is 0 Å². The number of nitrogens with one attached hydrogen (secondary N) is 1. The summed E-state index contributed by atoms with van der Waals surface area (Å²) in [6, 6.07) is 13.2. The first-order valence-corrected chi connectivity index (χ1v) is 8.23. The fraction of sp³-hybridized carbons (Fsp3) is 0.0714. The van der Waals surface area contributed by atoms with Crippen molar-refractivity contribution in [1.82, 2.24) is 0 Å². The van der Waals surface area contributed by atoms with E-state index in [1.807, 2.05) is 36.4 Å². The molecule has 0 unspecified atom stereocenters. The van der Waals surface area contributed by atoms with Gasteiger partial charge in [0.05, 0.1) is 5.56 Å². The van der Waals surface area contributed by atoms with Crippen LogP contribution in [-0.2, 0) is 5.33 Å². The topological polar surface area (TPSA) is 29.1 Å². The first-order chi connectivity index (χ1) is 9.11. The van der Waals surface area contributed by atoms with E-state index in [0.717, 1.165) is 20.2 Å². The highest BCUT2D eigenvalue weighted by atomic mass is 79.9. The fourth-order valence-corrected chi connectivity index (χ4v) is 2.90. The van der Waals surface area contributed by atoms with Gasteiger partial charge in [0.2, 0.25) is 0 Å². The van der Waals surface area contributed by atoms with Gasteiger partial charge in [0, 0.05) is 20.0 Å². The number of rotatable bonds is 3. The Bertz CT molecular complexity index is 613. The van der Waals surface area contributed by atoms with E-state index in [1.54, 1.807) is 6.07 Å². The van der Waals surface area contributed by atoms with Gasteiger partial charge in [0.25, 0.3) is 5.91 Å². The Hall–Kier alpha value is -0.650. The number of carbonyl (C=O) groups excluding carboxylic acids is 1. The summed E-state index contributed by atoms with van der Waals surface area (Å²) in [5.74, 6) is -0.137. The first kappa shape index (κ1) is 14.8. The highest BCUT2D eigenvalue weighted by Crippen LogP contribution is 2.24. The lowest BCUT2D eigenvalue weighted by atomic mass is 10.1. The minimum Gasteiger partial charge on any atom is -0.322 e. The van der Waals surface area contributed by atoms with Gasteiger partial charge in [0.1, 0.15) is 0 Å². The summed E-state index contributed by atoms with van der Waals surface area (Å²) in [6.45, 7) is 0. The van der Waals surface area contributed by atoms with Gasteiger partial charge in [-0.2, -0.15) is 0 Å². The number of para-hydroxylation sites is 1. The number of amides is 1. The van der Waals surface area contributed by atoms with Crippen LogP contribution in [0.5, 0.6) is 0 Å². The van der Waals surface area contributed by atoms with Gasteiger partial charge < -0.3 is 5.32 Å². The van der Waals surface area contributed by atoms with Crippen LogP contribution in [0.4, 0.5) is 5.69 Å². The Balaban J connectivity index is 2.28. The van der Waals surface area contributed by atoms with Gasteiger partial charge in [-0.3, -0.25) is 4.79 Å². The van der Waals surface area contributed by atoms with E-state index in [1.165, 1.54) is 0 Å². The molecule has 98 valence electrons. The van der Waals surface area contributed by atoms with Crippen molar-refractivity contribution in [3.8, 4) is 0 Å². The Morgan fingerprint density at radius 2 is 1.84 bits per heavy atom. The maximum atomic E-state index is 12.3. The summed E-state index contributed by atoms with van der Waals surface area (Å²) in [5.41, 5.74) is 2.46. The zero-order valence-electron chi connectivity index (χ0n) is 9.79. The molecule has 2 rings (SSSR count). The molecule has 0 atom stereocenters. The molecule has 0 heterocycles. The Labute approximate surface area is 137 Å². The monoisotopic (exact) mass is 445 g/mol. The minimum absolute atomic E-state index is 0.137. The second kappa shape index (κ2) is 6.68. The summed E-state index contributed by atoms with van der Waals surface area (Å²) in [4.78, 5) is 12.3. The Kier molecular flexibility index (Phi) is 5.19. The lowest BCUT2D eigenvalue weighted by Crippen LogP contribution is -2.13. The predicted octanol–water partition coefficient (Wildman–Crippen LogP) is 5.36. The SMILES string of the molecule is O=C(Nc1ccccc1CBr)c1cc(Br)ccc1Br. The number of anilines is 1. The van der Waals surface area contributed by atoms with Crippen LogP contribution in [0.1, 0.15) is 15.9 Å². The van der Waals surface area contributed by atoms with Crippen molar-refractivity contribution >= 4 is 59.4 Å². The maximum absolute atomic E-state index is 12.3. The highest BCUT2D eigenvalue weighted by Gasteiger charge is 2.12. The van der Waals surface area contributed by atoms with Crippen molar-refractivity contribution in [3.05, 3.63) is 62.5 Å². The number of carbonyl (C=O) groups is 1. The average molecular weight is 448 g/mol.